The van der Waals surface area contributed by atoms with Gasteiger partial charge in [0, 0.05) is 24.3 Å². The van der Waals surface area contributed by atoms with Gasteiger partial charge in [-0.2, -0.15) is 0 Å². The average molecular weight is 275 g/mol. The third kappa shape index (κ3) is 3.32. The van der Waals surface area contributed by atoms with E-state index in [9.17, 15) is 4.79 Å². The highest BCUT2D eigenvalue weighted by molar-refractivity contribution is 6.30. The van der Waals surface area contributed by atoms with E-state index < -0.39 is 0 Å². The molecule has 0 unspecified atom stereocenters. The van der Waals surface area contributed by atoms with Crippen molar-refractivity contribution in [1.29, 1.82) is 0 Å². The van der Waals surface area contributed by atoms with Gasteiger partial charge >= 0.3 is 0 Å². The minimum Gasteiger partial charge on any atom is -0.350 e. The predicted molar refractivity (Wildman–Crippen MR) is 76.9 cm³/mol. The van der Waals surface area contributed by atoms with Crippen molar-refractivity contribution < 1.29 is 4.79 Å². The Balaban J connectivity index is 2.47. The van der Waals surface area contributed by atoms with Crippen molar-refractivity contribution in [3.63, 3.8) is 0 Å². The minimum absolute atomic E-state index is 0.0619. The van der Waals surface area contributed by atoms with Gasteiger partial charge in [0.05, 0.1) is 6.04 Å². The van der Waals surface area contributed by atoms with Gasteiger partial charge in [-0.3, -0.25) is 9.78 Å². The summed E-state index contributed by atoms with van der Waals surface area (Å²) in [7, 11) is 0. The summed E-state index contributed by atoms with van der Waals surface area (Å²) in [6.45, 7) is 3.45. The van der Waals surface area contributed by atoms with E-state index in [0.717, 1.165) is 16.7 Å². The van der Waals surface area contributed by atoms with Crippen LogP contribution >= 0.6 is 11.6 Å². The molecule has 4 heteroatoms. The molecular formula is C15H15ClN2O. The summed E-state index contributed by atoms with van der Waals surface area (Å²) in [5, 5.41) is 3.54. The van der Waals surface area contributed by atoms with E-state index >= 15 is 0 Å². The number of amides is 1. The molecule has 2 aromatic rings. The standard InChI is InChI=1S/C15H15ClN2O/c1-10(18-11(2)19)15-9-13(16)3-4-14(15)12-5-7-17-8-6-12/h3-10H,1-2H3,(H,18,19)/t10-/m0/s1. The number of hydrogen-bond donors (Lipinski definition) is 1. The number of nitrogens with zero attached hydrogens (tertiary/aromatic N) is 1. The van der Waals surface area contributed by atoms with Crippen molar-refractivity contribution in [3.05, 3.63) is 53.3 Å². The average Bonchev–Trinajstić information content (AvgIpc) is 2.39. The molecule has 0 saturated carbocycles. The fourth-order valence-corrected chi connectivity index (χ4v) is 2.25. The summed E-state index contributed by atoms with van der Waals surface area (Å²) >= 11 is 6.06. The highest BCUT2D eigenvalue weighted by Gasteiger charge is 2.13. The van der Waals surface area contributed by atoms with E-state index in [0.29, 0.717) is 5.02 Å². The van der Waals surface area contributed by atoms with Gasteiger partial charge in [0.1, 0.15) is 0 Å². The number of pyridine rings is 1. The van der Waals surface area contributed by atoms with Crippen LogP contribution < -0.4 is 5.32 Å². The fraction of sp³-hybridized carbons (Fsp3) is 0.200. The van der Waals surface area contributed by atoms with E-state index in [4.69, 9.17) is 11.6 Å². The Kier molecular flexibility index (Phi) is 4.17. The fourth-order valence-electron chi connectivity index (χ4n) is 2.07. The first kappa shape index (κ1) is 13.6. The molecule has 1 atom stereocenters. The number of rotatable bonds is 3. The topological polar surface area (TPSA) is 42.0 Å². The maximum absolute atomic E-state index is 11.2. The molecule has 1 N–H and O–H groups in total. The summed E-state index contributed by atoms with van der Waals surface area (Å²) in [6, 6.07) is 9.48. The maximum atomic E-state index is 11.2. The minimum atomic E-state index is -0.0978. The van der Waals surface area contributed by atoms with Crippen LogP contribution in [0.5, 0.6) is 0 Å². The quantitative estimate of drug-likeness (QED) is 0.929. The van der Waals surface area contributed by atoms with Crippen LogP contribution in [0.4, 0.5) is 0 Å². The van der Waals surface area contributed by atoms with E-state index in [1.165, 1.54) is 6.92 Å². The summed E-state index contributed by atoms with van der Waals surface area (Å²) in [6.07, 6.45) is 3.49. The lowest BCUT2D eigenvalue weighted by molar-refractivity contribution is -0.119. The van der Waals surface area contributed by atoms with E-state index in [1.807, 2.05) is 37.3 Å². The predicted octanol–water partition coefficient (Wildman–Crippen LogP) is 3.60. The molecule has 3 nitrogen and oxygen atoms in total. The number of hydrogen-bond acceptors (Lipinski definition) is 2. The van der Waals surface area contributed by atoms with Gasteiger partial charge in [0.15, 0.2) is 0 Å². The third-order valence-corrected chi connectivity index (χ3v) is 3.13. The molecule has 0 radical (unpaired) electrons. The Bertz CT molecular complexity index is 584. The second-order valence-corrected chi connectivity index (χ2v) is 4.83. The normalized spacial score (nSPS) is 11.9. The zero-order valence-corrected chi connectivity index (χ0v) is 11.6. The monoisotopic (exact) mass is 274 g/mol. The van der Waals surface area contributed by atoms with E-state index in [2.05, 4.69) is 10.3 Å². The lowest BCUT2D eigenvalue weighted by atomic mass is 9.96. The molecule has 1 aromatic heterocycles. The summed E-state index contributed by atoms with van der Waals surface area (Å²) < 4.78 is 0. The van der Waals surface area contributed by atoms with Crippen molar-refractivity contribution >= 4 is 17.5 Å². The van der Waals surface area contributed by atoms with Crippen molar-refractivity contribution in [3.8, 4) is 11.1 Å². The molecule has 19 heavy (non-hydrogen) atoms. The van der Waals surface area contributed by atoms with Crippen LogP contribution in [0.1, 0.15) is 25.5 Å². The van der Waals surface area contributed by atoms with E-state index in [-0.39, 0.29) is 11.9 Å². The smallest absolute Gasteiger partial charge is 0.217 e. The second kappa shape index (κ2) is 5.85. The van der Waals surface area contributed by atoms with Crippen LogP contribution in [0.15, 0.2) is 42.7 Å². The molecule has 1 aromatic carbocycles. The number of nitrogens with one attached hydrogen (secondary N) is 1. The van der Waals surface area contributed by atoms with Crippen LogP contribution in [0.25, 0.3) is 11.1 Å². The van der Waals surface area contributed by atoms with Crippen LogP contribution in [0, 0.1) is 0 Å². The lowest BCUT2D eigenvalue weighted by Crippen LogP contribution is -2.24. The number of carbonyl (C=O) groups is 1. The Labute approximate surface area is 117 Å². The summed E-state index contributed by atoms with van der Waals surface area (Å²) in [5.74, 6) is -0.0619. The first-order valence-corrected chi connectivity index (χ1v) is 6.42. The van der Waals surface area contributed by atoms with Gasteiger partial charge in [-0.15, -0.1) is 0 Å². The molecular weight excluding hydrogens is 260 g/mol. The van der Waals surface area contributed by atoms with Crippen LogP contribution in [-0.2, 0) is 4.79 Å². The lowest BCUT2D eigenvalue weighted by Gasteiger charge is -2.18. The summed E-state index contributed by atoms with van der Waals surface area (Å²) in [5.41, 5.74) is 3.10. The van der Waals surface area contributed by atoms with Crippen LogP contribution in [0.2, 0.25) is 5.02 Å². The van der Waals surface area contributed by atoms with Crippen molar-refractivity contribution in [2.75, 3.05) is 0 Å². The van der Waals surface area contributed by atoms with Gasteiger partial charge in [-0.1, -0.05) is 17.7 Å². The Morgan fingerprint density at radius 3 is 2.58 bits per heavy atom. The van der Waals surface area contributed by atoms with E-state index in [1.54, 1.807) is 12.4 Å². The number of benzene rings is 1. The molecule has 0 aliphatic carbocycles. The highest BCUT2D eigenvalue weighted by Crippen LogP contribution is 2.30. The Hall–Kier alpha value is -1.87. The largest absolute Gasteiger partial charge is 0.350 e. The SMILES string of the molecule is CC(=O)N[C@@H](C)c1cc(Cl)ccc1-c1ccncc1. The molecule has 0 aliphatic rings. The molecule has 0 fully saturated rings. The van der Waals surface area contributed by atoms with Crippen molar-refractivity contribution in [1.82, 2.24) is 10.3 Å². The molecule has 0 aliphatic heterocycles. The van der Waals surface area contributed by atoms with Crippen molar-refractivity contribution in [2.45, 2.75) is 19.9 Å². The highest BCUT2D eigenvalue weighted by atomic mass is 35.5. The molecule has 1 heterocycles. The molecule has 98 valence electrons. The van der Waals surface area contributed by atoms with Gasteiger partial charge in [-0.05, 0) is 47.9 Å². The first-order valence-electron chi connectivity index (χ1n) is 6.05. The van der Waals surface area contributed by atoms with Gasteiger partial charge in [-0.25, -0.2) is 0 Å². The molecule has 0 saturated heterocycles. The number of halogens is 1. The zero-order chi connectivity index (χ0) is 13.8. The zero-order valence-electron chi connectivity index (χ0n) is 10.9. The molecule has 1 amide bonds. The van der Waals surface area contributed by atoms with Crippen molar-refractivity contribution in [2.24, 2.45) is 0 Å². The Morgan fingerprint density at radius 2 is 1.95 bits per heavy atom. The molecule has 2 rings (SSSR count). The van der Waals surface area contributed by atoms with Crippen LogP contribution in [-0.4, -0.2) is 10.9 Å². The maximum Gasteiger partial charge on any atom is 0.217 e. The molecule has 0 spiro atoms. The van der Waals surface area contributed by atoms with Gasteiger partial charge < -0.3 is 5.32 Å². The van der Waals surface area contributed by atoms with Crippen LogP contribution in [0.3, 0.4) is 0 Å². The Morgan fingerprint density at radius 1 is 1.26 bits per heavy atom. The van der Waals surface area contributed by atoms with Gasteiger partial charge in [0.2, 0.25) is 5.91 Å². The third-order valence-electron chi connectivity index (χ3n) is 2.89. The second-order valence-electron chi connectivity index (χ2n) is 4.39. The summed E-state index contributed by atoms with van der Waals surface area (Å²) in [4.78, 5) is 15.2. The first-order chi connectivity index (χ1) is 9.08. The number of carbonyl (C=O) groups excluding carboxylic acids is 1. The van der Waals surface area contributed by atoms with Gasteiger partial charge in [0.25, 0.3) is 0 Å². The molecule has 0 bridgehead atoms. The number of aromatic nitrogens is 1.